The van der Waals surface area contributed by atoms with Gasteiger partial charge in [-0.1, -0.05) is 12.1 Å². The lowest BCUT2D eigenvalue weighted by Crippen LogP contribution is -2.38. The van der Waals surface area contributed by atoms with E-state index in [9.17, 15) is 5.11 Å². The van der Waals surface area contributed by atoms with Crippen LogP contribution < -0.4 is 18.9 Å². The maximum absolute atomic E-state index is 10.8. The Balaban J connectivity index is 1.83. The largest absolute Gasteiger partial charge is 0.493 e. The van der Waals surface area contributed by atoms with Gasteiger partial charge in [0.1, 0.15) is 24.4 Å². The van der Waals surface area contributed by atoms with Crippen LogP contribution in [0, 0.1) is 0 Å². The first-order chi connectivity index (χ1) is 15.1. The van der Waals surface area contributed by atoms with Crippen molar-refractivity contribution in [2.45, 2.75) is 24.4 Å². The molecule has 2 aromatic rings. The van der Waals surface area contributed by atoms with Crippen molar-refractivity contribution >= 4 is 0 Å². The lowest BCUT2D eigenvalue weighted by molar-refractivity contribution is -0.172. The highest BCUT2D eigenvalue weighted by molar-refractivity contribution is 5.44. The van der Waals surface area contributed by atoms with Gasteiger partial charge in [0.2, 0.25) is 0 Å². The van der Waals surface area contributed by atoms with E-state index in [4.69, 9.17) is 33.2 Å². The summed E-state index contributed by atoms with van der Waals surface area (Å²) in [5, 5.41) is 10.8. The van der Waals surface area contributed by atoms with Crippen molar-refractivity contribution in [1.29, 1.82) is 0 Å². The number of hydrogen-bond donors (Lipinski definition) is 1. The molecule has 0 aliphatic carbocycles. The molecule has 8 heteroatoms. The van der Waals surface area contributed by atoms with Crippen LogP contribution in [0.4, 0.5) is 0 Å². The van der Waals surface area contributed by atoms with Crippen molar-refractivity contribution in [3.8, 4) is 23.0 Å². The fraction of sp³-hybridized carbons (Fsp3) is 0.478. The Morgan fingerprint density at radius 3 is 1.65 bits per heavy atom. The molecule has 31 heavy (non-hydrogen) atoms. The van der Waals surface area contributed by atoms with Gasteiger partial charge in [0.05, 0.1) is 41.7 Å². The van der Waals surface area contributed by atoms with Gasteiger partial charge in [-0.3, -0.25) is 0 Å². The van der Waals surface area contributed by atoms with Crippen LogP contribution in [0.3, 0.4) is 0 Å². The van der Waals surface area contributed by atoms with E-state index in [0.717, 1.165) is 11.1 Å². The smallest absolute Gasteiger partial charge is 0.161 e. The third kappa shape index (κ3) is 5.04. The van der Waals surface area contributed by atoms with Crippen molar-refractivity contribution in [3.05, 3.63) is 47.5 Å². The van der Waals surface area contributed by atoms with E-state index in [1.807, 2.05) is 24.3 Å². The van der Waals surface area contributed by atoms with E-state index >= 15 is 0 Å². The number of ether oxygens (including phenoxy) is 7. The lowest BCUT2D eigenvalue weighted by Gasteiger charge is -2.34. The highest BCUT2D eigenvalue weighted by Crippen LogP contribution is 2.37. The third-order valence-corrected chi connectivity index (χ3v) is 5.35. The molecular formula is C23H30O8. The highest BCUT2D eigenvalue weighted by Gasteiger charge is 2.33. The number of aliphatic hydroxyl groups excluding tert-OH is 1. The van der Waals surface area contributed by atoms with Gasteiger partial charge in [0.25, 0.3) is 0 Å². The Labute approximate surface area is 182 Å². The van der Waals surface area contributed by atoms with Crippen molar-refractivity contribution in [2.75, 3.05) is 48.8 Å². The summed E-state index contributed by atoms with van der Waals surface area (Å²) in [6.45, 7) is 0.267. The predicted molar refractivity (Wildman–Crippen MR) is 113 cm³/mol. The molecule has 0 spiro atoms. The predicted octanol–water partition coefficient (Wildman–Crippen LogP) is 2.93. The Hall–Kier alpha value is -2.52. The normalized spacial score (nSPS) is 24.1. The summed E-state index contributed by atoms with van der Waals surface area (Å²) >= 11 is 0. The van der Waals surface area contributed by atoms with E-state index in [1.165, 1.54) is 0 Å². The van der Waals surface area contributed by atoms with Crippen LogP contribution in [0.25, 0.3) is 0 Å². The van der Waals surface area contributed by atoms with Crippen LogP contribution in [-0.4, -0.2) is 66.1 Å². The standard InChI is InChI=1S/C23H30O8/c1-25-17-8-6-14(10-19(17)27-3)22-16(24)12-30-23(21(29-5)13-31-22)15-7-9-18(26-2)20(11-15)28-4/h6-11,16,21-24H,12-13H2,1-5H3. The van der Waals surface area contributed by atoms with E-state index in [1.54, 1.807) is 47.7 Å². The summed E-state index contributed by atoms with van der Waals surface area (Å²) in [6.07, 6.45) is -2.35. The first-order valence-electron chi connectivity index (χ1n) is 9.94. The molecule has 1 fully saturated rings. The van der Waals surface area contributed by atoms with E-state index < -0.39 is 24.4 Å². The molecule has 4 unspecified atom stereocenters. The summed E-state index contributed by atoms with van der Waals surface area (Å²) in [5.41, 5.74) is 1.60. The molecule has 0 saturated carbocycles. The number of benzene rings is 2. The fourth-order valence-corrected chi connectivity index (χ4v) is 3.67. The van der Waals surface area contributed by atoms with Gasteiger partial charge in [-0.05, 0) is 35.4 Å². The maximum atomic E-state index is 10.8. The van der Waals surface area contributed by atoms with Gasteiger partial charge in [-0.2, -0.15) is 0 Å². The van der Waals surface area contributed by atoms with E-state index in [2.05, 4.69) is 0 Å². The Bertz CT molecular complexity index is 855. The minimum absolute atomic E-state index is 0.0535. The van der Waals surface area contributed by atoms with Crippen LogP contribution in [-0.2, 0) is 14.2 Å². The molecular weight excluding hydrogens is 404 g/mol. The van der Waals surface area contributed by atoms with Crippen LogP contribution in [0.5, 0.6) is 23.0 Å². The molecule has 0 radical (unpaired) electrons. The van der Waals surface area contributed by atoms with Gasteiger partial charge < -0.3 is 38.3 Å². The first-order valence-corrected chi connectivity index (χ1v) is 9.94. The second-order valence-electron chi connectivity index (χ2n) is 7.08. The molecule has 4 atom stereocenters. The van der Waals surface area contributed by atoms with Crippen LogP contribution in [0.15, 0.2) is 36.4 Å². The minimum Gasteiger partial charge on any atom is -0.493 e. The number of methoxy groups -OCH3 is 5. The number of aliphatic hydroxyl groups is 1. The van der Waals surface area contributed by atoms with Gasteiger partial charge >= 0.3 is 0 Å². The van der Waals surface area contributed by atoms with Crippen molar-refractivity contribution in [2.24, 2.45) is 0 Å². The molecule has 3 rings (SSSR count). The Kier molecular flexibility index (Phi) is 7.97. The van der Waals surface area contributed by atoms with Crippen molar-refractivity contribution in [1.82, 2.24) is 0 Å². The zero-order chi connectivity index (χ0) is 22.4. The topological polar surface area (TPSA) is 84.8 Å². The molecule has 170 valence electrons. The minimum atomic E-state index is -0.890. The zero-order valence-corrected chi connectivity index (χ0v) is 18.5. The van der Waals surface area contributed by atoms with Gasteiger partial charge in [-0.15, -0.1) is 0 Å². The first kappa shape index (κ1) is 23.1. The molecule has 1 aliphatic heterocycles. The zero-order valence-electron chi connectivity index (χ0n) is 18.5. The van der Waals surface area contributed by atoms with Crippen LogP contribution in [0.2, 0.25) is 0 Å². The molecule has 0 bridgehead atoms. The molecule has 1 aliphatic rings. The second kappa shape index (κ2) is 10.7. The quantitative estimate of drug-likeness (QED) is 0.712. The lowest BCUT2D eigenvalue weighted by atomic mass is 10.00. The third-order valence-electron chi connectivity index (χ3n) is 5.35. The molecule has 0 amide bonds. The summed E-state index contributed by atoms with van der Waals surface area (Å²) < 4.78 is 39.3. The average molecular weight is 434 g/mol. The van der Waals surface area contributed by atoms with E-state index in [-0.39, 0.29) is 13.2 Å². The molecule has 2 aromatic carbocycles. The van der Waals surface area contributed by atoms with Crippen molar-refractivity contribution < 1.29 is 38.3 Å². The fourth-order valence-electron chi connectivity index (χ4n) is 3.67. The molecule has 8 nitrogen and oxygen atoms in total. The molecule has 1 N–H and O–H groups in total. The van der Waals surface area contributed by atoms with Crippen LogP contribution in [0.1, 0.15) is 23.3 Å². The second-order valence-corrected chi connectivity index (χ2v) is 7.08. The van der Waals surface area contributed by atoms with E-state index in [0.29, 0.717) is 23.0 Å². The van der Waals surface area contributed by atoms with Gasteiger partial charge in [0.15, 0.2) is 23.0 Å². The number of rotatable bonds is 7. The monoisotopic (exact) mass is 434 g/mol. The SMILES string of the molecule is COc1ccc(C2OCC(OC)C(c3ccc(OC)c(OC)c3)OCC2O)cc1OC. The average Bonchev–Trinajstić information content (AvgIpc) is 2.80. The number of hydrogen-bond acceptors (Lipinski definition) is 8. The maximum Gasteiger partial charge on any atom is 0.161 e. The van der Waals surface area contributed by atoms with Gasteiger partial charge in [0, 0.05) is 7.11 Å². The summed E-state index contributed by atoms with van der Waals surface area (Å²) in [7, 11) is 7.91. The Morgan fingerprint density at radius 2 is 1.16 bits per heavy atom. The molecule has 0 aromatic heterocycles. The van der Waals surface area contributed by atoms with Gasteiger partial charge in [-0.25, -0.2) is 0 Å². The van der Waals surface area contributed by atoms with Crippen molar-refractivity contribution in [3.63, 3.8) is 0 Å². The Morgan fingerprint density at radius 1 is 0.677 bits per heavy atom. The summed E-state index contributed by atoms with van der Waals surface area (Å²) in [5.74, 6) is 2.37. The molecule has 1 heterocycles. The molecule has 1 saturated heterocycles. The summed E-state index contributed by atoms with van der Waals surface area (Å²) in [4.78, 5) is 0. The van der Waals surface area contributed by atoms with Crippen LogP contribution >= 0.6 is 0 Å². The summed E-state index contributed by atoms with van der Waals surface area (Å²) in [6, 6.07) is 11.0. The highest BCUT2D eigenvalue weighted by atomic mass is 16.6.